The van der Waals surface area contributed by atoms with Crippen LogP contribution in [0.5, 0.6) is 0 Å². The van der Waals surface area contributed by atoms with Crippen molar-refractivity contribution in [2.75, 3.05) is 0 Å². The number of fused-ring (bicyclic) bond motifs is 1. The van der Waals surface area contributed by atoms with Gasteiger partial charge < -0.3 is 0 Å². The number of nitrogens with zero attached hydrogens (tertiary/aromatic N) is 4. The largest absolute Gasteiger partial charge is 0.294 e. The fourth-order valence-corrected chi connectivity index (χ4v) is 3.10. The van der Waals surface area contributed by atoms with Crippen LogP contribution < -0.4 is 5.56 Å². The predicted octanol–water partition coefficient (Wildman–Crippen LogP) is 4.08. The molecular weight excluding hydrogens is 378 g/mol. The second-order valence-electron chi connectivity index (χ2n) is 5.69. The van der Waals surface area contributed by atoms with Crippen molar-refractivity contribution in [3.05, 3.63) is 86.8 Å². The lowest BCUT2D eigenvalue weighted by molar-refractivity contribution is 0.626. The Balaban J connectivity index is 1.78. The summed E-state index contributed by atoms with van der Waals surface area (Å²) in [7, 11) is 0. The van der Waals surface area contributed by atoms with Crippen LogP contribution in [-0.2, 0) is 6.54 Å². The number of rotatable bonds is 3. The number of benzene rings is 2. The van der Waals surface area contributed by atoms with Crippen LogP contribution in [0.15, 0.2) is 59.8 Å². The molecule has 0 saturated heterocycles. The van der Waals surface area contributed by atoms with Crippen LogP contribution in [0, 0.1) is 5.82 Å². The third-order valence-electron chi connectivity index (χ3n) is 3.96. The molecule has 0 N–H and O–H groups in total. The molecule has 8 heteroatoms. The van der Waals surface area contributed by atoms with Crippen molar-refractivity contribution in [1.82, 2.24) is 19.3 Å². The van der Waals surface area contributed by atoms with Gasteiger partial charge in [-0.25, -0.2) is 14.1 Å². The first-order valence-corrected chi connectivity index (χ1v) is 8.41. The van der Waals surface area contributed by atoms with Gasteiger partial charge in [0.15, 0.2) is 5.65 Å². The summed E-state index contributed by atoms with van der Waals surface area (Å²) in [6.45, 7) is 0.184. The number of aromatic nitrogens is 4. The van der Waals surface area contributed by atoms with E-state index in [0.717, 1.165) is 0 Å². The third kappa shape index (κ3) is 2.98. The summed E-state index contributed by atoms with van der Waals surface area (Å²) < 4.78 is 16.1. The van der Waals surface area contributed by atoms with Crippen molar-refractivity contribution in [2.24, 2.45) is 0 Å². The zero-order chi connectivity index (χ0) is 18.3. The minimum atomic E-state index is -0.428. The first kappa shape index (κ1) is 16.8. The van der Waals surface area contributed by atoms with Gasteiger partial charge in [0, 0.05) is 10.0 Å². The van der Waals surface area contributed by atoms with Gasteiger partial charge in [-0.05, 0) is 35.9 Å². The van der Waals surface area contributed by atoms with Crippen LogP contribution in [-0.4, -0.2) is 19.3 Å². The van der Waals surface area contributed by atoms with Gasteiger partial charge >= 0.3 is 0 Å². The maximum atomic E-state index is 13.2. The highest BCUT2D eigenvalue weighted by atomic mass is 35.5. The summed E-state index contributed by atoms with van der Waals surface area (Å²) in [6.07, 6.45) is 2.89. The van der Waals surface area contributed by atoms with E-state index >= 15 is 0 Å². The molecule has 2 aromatic heterocycles. The number of hydrogen-bond acceptors (Lipinski definition) is 3. The quantitative estimate of drug-likeness (QED) is 0.531. The molecule has 0 saturated carbocycles. The molecule has 0 radical (unpaired) electrons. The Morgan fingerprint density at radius 3 is 2.73 bits per heavy atom. The Hall–Kier alpha value is -2.70. The number of hydrogen-bond donors (Lipinski definition) is 0. The predicted molar refractivity (Wildman–Crippen MR) is 98.6 cm³/mol. The molecule has 130 valence electrons. The molecule has 4 aromatic rings. The van der Waals surface area contributed by atoms with Crippen LogP contribution >= 0.6 is 23.2 Å². The molecule has 0 atom stereocenters. The topological polar surface area (TPSA) is 52.7 Å². The molecule has 0 spiro atoms. The van der Waals surface area contributed by atoms with Gasteiger partial charge in [0.2, 0.25) is 0 Å². The van der Waals surface area contributed by atoms with Gasteiger partial charge in [0.05, 0.1) is 18.4 Å². The minimum absolute atomic E-state index is 0.184. The Morgan fingerprint density at radius 2 is 1.96 bits per heavy atom. The highest BCUT2D eigenvalue weighted by molar-refractivity contribution is 6.31. The second-order valence-corrected chi connectivity index (χ2v) is 6.53. The summed E-state index contributed by atoms with van der Waals surface area (Å²) in [6, 6.07) is 11.2. The summed E-state index contributed by atoms with van der Waals surface area (Å²) in [5.41, 5.74) is 1.50. The summed E-state index contributed by atoms with van der Waals surface area (Å²) in [5, 5.41) is 5.43. The lowest BCUT2D eigenvalue weighted by Gasteiger charge is -2.08. The second kappa shape index (κ2) is 6.55. The Kier molecular flexibility index (Phi) is 4.22. The molecule has 0 fully saturated rings. The molecule has 0 aliphatic heterocycles. The summed E-state index contributed by atoms with van der Waals surface area (Å²) in [4.78, 5) is 17.1. The zero-order valence-corrected chi connectivity index (χ0v) is 14.7. The van der Waals surface area contributed by atoms with E-state index in [1.54, 1.807) is 28.9 Å². The van der Waals surface area contributed by atoms with Crippen LogP contribution in [0.1, 0.15) is 5.56 Å². The van der Waals surface area contributed by atoms with Gasteiger partial charge in [0.1, 0.15) is 17.5 Å². The Labute approximate surface area is 157 Å². The van der Waals surface area contributed by atoms with Gasteiger partial charge in [-0.1, -0.05) is 35.3 Å². The molecule has 0 unspecified atom stereocenters. The summed E-state index contributed by atoms with van der Waals surface area (Å²) in [5.74, 6) is -0.428. The van der Waals surface area contributed by atoms with E-state index in [-0.39, 0.29) is 17.1 Å². The highest BCUT2D eigenvalue weighted by Gasteiger charge is 2.13. The van der Waals surface area contributed by atoms with E-state index in [2.05, 4.69) is 10.1 Å². The molecule has 26 heavy (non-hydrogen) atoms. The van der Waals surface area contributed by atoms with Gasteiger partial charge in [0.25, 0.3) is 5.56 Å². The molecule has 0 bridgehead atoms. The van der Waals surface area contributed by atoms with E-state index in [4.69, 9.17) is 23.2 Å². The average Bonchev–Trinajstić information content (AvgIpc) is 3.04. The Morgan fingerprint density at radius 1 is 1.12 bits per heavy atom. The SMILES string of the molecule is O=c1c2cnn(-c3cccc(Cl)c3)c2ncn1Cc1ccc(F)cc1Cl. The van der Waals surface area contributed by atoms with E-state index in [9.17, 15) is 9.18 Å². The molecule has 4 rings (SSSR count). The van der Waals surface area contributed by atoms with E-state index in [1.807, 2.05) is 6.07 Å². The van der Waals surface area contributed by atoms with Gasteiger partial charge in [-0.2, -0.15) is 5.10 Å². The van der Waals surface area contributed by atoms with Crippen LogP contribution in [0.2, 0.25) is 10.0 Å². The van der Waals surface area contributed by atoms with Crippen molar-refractivity contribution >= 4 is 34.2 Å². The smallest absolute Gasteiger partial charge is 0.264 e. The summed E-state index contributed by atoms with van der Waals surface area (Å²) >= 11 is 12.1. The molecule has 2 aromatic carbocycles. The first-order chi connectivity index (χ1) is 12.5. The molecule has 5 nitrogen and oxygen atoms in total. The maximum absolute atomic E-state index is 13.2. The third-order valence-corrected chi connectivity index (χ3v) is 4.55. The van der Waals surface area contributed by atoms with E-state index < -0.39 is 5.82 Å². The minimum Gasteiger partial charge on any atom is -0.294 e. The zero-order valence-electron chi connectivity index (χ0n) is 13.2. The normalized spacial score (nSPS) is 11.2. The maximum Gasteiger partial charge on any atom is 0.264 e. The molecule has 2 heterocycles. The van der Waals surface area contributed by atoms with Crippen molar-refractivity contribution in [1.29, 1.82) is 0 Å². The number of halogens is 3. The van der Waals surface area contributed by atoms with Crippen molar-refractivity contribution in [2.45, 2.75) is 6.54 Å². The molecule has 0 aliphatic carbocycles. The van der Waals surface area contributed by atoms with Crippen LogP contribution in [0.4, 0.5) is 4.39 Å². The van der Waals surface area contributed by atoms with Crippen molar-refractivity contribution in [3.8, 4) is 5.69 Å². The Bertz CT molecular complexity index is 1190. The molecular formula is C18H11Cl2FN4O. The molecule has 0 aliphatic rings. The molecule has 0 amide bonds. The van der Waals surface area contributed by atoms with Crippen LogP contribution in [0.3, 0.4) is 0 Å². The van der Waals surface area contributed by atoms with E-state index in [1.165, 1.54) is 29.2 Å². The van der Waals surface area contributed by atoms with Crippen LogP contribution in [0.25, 0.3) is 16.7 Å². The standard InChI is InChI=1S/C18H11Cl2FN4O/c19-12-2-1-3-14(6-12)25-17-15(8-23-25)18(26)24(10-22-17)9-11-4-5-13(21)7-16(11)20/h1-8,10H,9H2. The van der Waals surface area contributed by atoms with E-state index in [0.29, 0.717) is 27.3 Å². The lowest BCUT2D eigenvalue weighted by atomic mass is 10.2. The first-order valence-electron chi connectivity index (χ1n) is 7.66. The average molecular weight is 389 g/mol. The van der Waals surface area contributed by atoms with Crippen molar-refractivity contribution < 1.29 is 4.39 Å². The van der Waals surface area contributed by atoms with Crippen molar-refractivity contribution in [3.63, 3.8) is 0 Å². The fraction of sp³-hybridized carbons (Fsp3) is 0.0556. The van der Waals surface area contributed by atoms with Gasteiger partial charge in [-0.15, -0.1) is 0 Å². The fourth-order valence-electron chi connectivity index (χ4n) is 2.69. The lowest BCUT2D eigenvalue weighted by Crippen LogP contribution is -2.21. The van der Waals surface area contributed by atoms with Gasteiger partial charge in [-0.3, -0.25) is 9.36 Å². The highest BCUT2D eigenvalue weighted by Crippen LogP contribution is 2.19. The monoisotopic (exact) mass is 388 g/mol.